The normalized spacial score (nSPS) is 12.4. The molecule has 4 aromatic rings. The van der Waals surface area contributed by atoms with Crippen molar-refractivity contribution in [1.82, 2.24) is 0 Å². The lowest BCUT2D eigenvalue weighted by atomic mass is 10.0. The number of fused-ring (bicyclic) bond motifs is 1. The van der Waals surface area contributed by atoms with Crippen molar-refractivity contribution < 1.29 is 23.9 Å². The number of benzene rings is 3. The topological polar surface area (TPSA) is 92.8 Å². The van der Waals surface area contributed by atoms with E-state index in [-0.39, 0.29) is 6.61 Å². The van der Waals surface area contributed by atoms with Gasteiger partial charge in [0.1, 0.15) is 10.6 Å². The van der Waals surface area contributed by atoms with Gasteiger partial charge in [0, 0.05) is 16.5 Å². The van der Waals surface area contributed by atoms with Gasteiger partial charge in [0.25, 0.3) is 17.7 Å². The van der Waals surface area contributed by atoms with Crippen LogP contribution in [0, 0.1) is 0 Å². The monoisotopic (exact) mass is 524 g/mol. The highest BCUT2D eigenvalue weighted by atomic mass is 32.1. The van der Waals surface area contributed by atoms with Gasteiger partial charge in [-0.2, -0.15) is 0 Å². The lowest BCUT2D eigenvalue weighted by Crippen LogP contribution is -2.29. The average Bonchev–Trinajstić information content (AvgIpc) is 3.47. The molecule has 7 nitrogen and oxygen atoms in total. The Morgan fingerprint density at radius 3 is 2.05 bits per heavy atom. The maximum atomic E-state index is 13.1. The van der Waals surface area contributed by atoms with Crippen LogP contribution in [-0.2, 0) is 11.2 Å². The molecule has 0 bridgehead atoms. The zero-order valence-electron chi connectivity index (χ0n) is 20.8. The van der Waals surface area contributed by atoms with Crippen molar-refractivity contribution in [3.63, 3.8) is 0 Å². The number of carbonyl (C=O) groups is 4. The summed E-state index contributed by atoms with van der Waals surface area (Å²) in [6.07, 6.45) is 0.905. The Morgan fingerprint density at radius 2 is 1.47 bits per heavy atom. The number of aryl methyl sites for hydroxylation is 1. The molecule has 5 rings (SSSR count). The van der Waals surface area contributed by atoms with E-state index in [2.05, 4.69) is 12.2 Å². The number of nitrogens with one attached hydrogen (secondary N) is 1. The molecule has 1 N–H and O–H groups in total. The highest BCUT2D eigenvalue weighted by Crippen LogP contribution is 2.37. The molecule has 0 fully saturated rings. The van der Waals surface area contributed by atoms with Crippen molar-refractivity contribution in [3.05, 3.63) is 106 Å². The molecular formula is C30H24N2O5S. The Bertz CT molecular complexity index is 1520. The third-order valence-electron chi connectivity index (χ3n) is 6.35. The van der Waals surface area contributed by atoms with E-state index in [4.69, 9.17) is 4.74 Å². The number of anilines is 2. The maximum Gasteiger partial charge on any atom is 0.341 e. The second kappa shape index (κ2) is 10.4. The molecule has 8 heteroatoms. The molecule has 0 aliphatic carbocycles. The molecule has 0 saturated carbocycles. The van der Waals surface area contributed by atoms with Gasteiger partial charge in [0.2, 0.25) is 0 Å². The van der Waals surface area contributed by atoms with Gasteiger partial charge < -0.3 is 10.1 Å². The summed E-state index contributed by atoms with van der Waals surface area (Å²) in [5, 5.41) is 5.04. The van der Waals surface area contributed by atoms with Gasteiger partial charge in [-0.15, -0.1) is 11.3 Å². The van der Waals surface area contributed by atoms with Crippen LogP contribution < -0.4 is 10.2 Å². The molecule has 190 valence electrons. The first-order chi connectivity index (χ1) is 18.4. The van der Waals surface area contributed by atoms with Gasteiger partial charge in [-0.05, 0) is 60.9 Å². The third-order valence-corrected chi connectivity index (χ3v) is 7.25. The number of nitrogens with zero attached hydrogens (tertiary/aromatic N) is 1. The first-order valence-electron chi connectivity index (χ1n) is 12.2. The first kappa shape index (κ1) is 25.1. The standard InChI is InChI=1S/C30H24N2O5S/c1-3-18-9-11-19(12-10-18)24-17-38-27(25(24)30(36)37-4-2)31-26(33)20-13-15-21(16-14-20)32-28(34)22-7-5-6-8-23(22)29(32)35/h5-17H,3-4H2,1-2H3,(H,31,33). The summed E-state index contributed by atoms with van der Waals surface area (Å²) in [6, 6.07) is 20.8. The van der Waals surface area contributed by atoms with E-state index in [0.717, 1.165) is 16.9 Å². The van der Waals surface area contributed by atoms with Crippen LogP contribution in [-0.4, -0.2) is 30.3 Å². The summed E-state index contributed by atoms with van der Waals surface area (Å²) in [7, 11) is 0. The van der Waals surface area contributed by atoms with E-state index in [9.17, 15) is 19.2 Å². The molecule has 1 aliphatic heterocycles. The highest BCUT2D eigenvalue weighted by molar-refractivity contribution is 7.15. The number of hydrogen-bond acceptors (Lipinski definition) is 6. The average molecular weight is 525 g/mol. The zero-order chi connectivity index (χ0) is 26.8. The summed E-state index contributed by atoms with van der Waals surface area (Å²) in [4.78, 5) is 52.6. The highest BCUT2D eigenvalue weighted by Gasteiger charge is 2.36. The number of imide groups is 1. The Kier molecular flexibility index (Phi) is 6.89. The van der Waals surface area contributed by atoms with Crippen LogP contribution in [0.15, 0.2) is 78.2 Å². The number of esters is 1. The lowest BCUT2D eigenvalue weighted by Gasteiger charge is -2.14. The molecule has 0 atom stereocenters. The first-order valence-corrected chi connectivity index (χ1v) is 13.1. The van der Waals surface area contributed by atoms with Gasteiger partial charge >= 0.3 is 5.97 Å². The molecule has 0 radical (unpaired) electrons. The van der Waals surface area contributed by atoms with Crippen LogP contribution in [0.4, 0.5) is 10.7 Å². The van der Waals surface area contributed by atoms with E-state index >= 15 is 0 Å². The largest absolute Gasteiger partial charge is 0.462 e. The van der Waals surface area contributed by atoms with Crippen LogP contribution in [0.2, 0.25) is 0 Å². The van der Waals surface area contributed by atoms with Crippen molar-refractivity contribution in [1.29, 1.82) is 0 Å². The summed E-state index contributed by atoms with van der Waals surface area (Å²) >= 11 is 1.24. The molecule has 3 amide bonds. The number of ether oxygens (including phenoxy) is 1. The third kappa shape index (κ3) is 4.50. The molecule has 0 unspecified atom stereocenters. The second-order valence-corrected chi connectivity index (χ2v) is 9.50. The number of hydrogen-bond donors (Lipinski definition) is 1. The number of thiophene rings is 1. The molecule has 38 heavy (non-hydrogen) atoms. The van der Waals surface area contributed by atoms with Crippen LogP contribution in [0.3, 0.4) is 0 Å². The fourth-order valence-corrected chi connectivity index (χ4v) is 5.30. The van der Waals surface area contributed by atoms with E-state index in [1.165, 1.54) is 29.0 Å². The van der Waals surface area contributed by atoms with Crippen LogP contribution in [0.5, 0.6) is 0 Å². The van der Waals surface area contributed by atoms with Crippen LogP contribution in [0.25, 0.3) is 11.1 Å². The second-order valence-electron chi connectivity index (χ2n) is 8.62. The predicted molar refractivity (Wildman–Crippen MR) is 147 cm³/mol. The van der Waals surface area contributed by atoms with E-state index in [0.29, 0.717) is 38.5 Å². The van der Waals surface area contributed by atoms with Crippen molar-refractivity contribution >= 4 is 45.7 Å². The summed E-state index contributed by atoms with van der Waals surface area (Å²) in [5.41, 5.74) is 4.40. The van der Waals surface area contributed by atoms with Gasteiger partial charge in [-0.1, -0.05) is 43.3 Å². The van der Waals surface area contributed by atoms with E-state index in [1.807, 2.05) is 29.6 Å². The minimum absolute atomic E-state index is 0.204. The van der Waals surface area contributed by atoms with E-state index < -0.39 is 23.7 Å². The lowest BCUT2D eigenvalue weighted by molar-refractivity contribution is 0.0528. The quantitative estimate of drug-likeness (QED) is 0.229. The summed E-state index contributed by atoms with van der Waals surface area (Å²) < 4.78 is 5.29. The Hall–Kier alpha value is -4.56. The van der Waals surface area contributed by atoms with Crippen molar-refractivity contribution in [2.45, 2.75) is 20.3 Å². The van der Waals surface area contributed by atoms with Crippen LogP contribution in [0.1, 0.15) is 60.8 Å². The molecule has 0 spiro atoms. The van der Waals surface area contributed by atoms with Gasteiger partial charge in [-0.25, -0.2) is 9.69 Å². The molecule has 1 aromatic heterocycles. The maximum absolute atomic E-state index is 13.1. The Labute approximate surface area is 223 Å². The van der Waals surface area contributed by atoms with Crippen molar-refractivity contribution in [2.24, 2.45) is 0 Å². The molecule has 2 heterocycles. The summed E-state index contributed by atoms with van der Waals surface area (Å²) in [6.45, 7) is 4.01. The number of carbonyl (C=O) groups excluding carboxylic acids is 4. The predicted octanol–water partition coefficient (Wildman–Crippen LogP) is 6.21. The summed E-state index contributed by atoms with van der Waals surface area (Å²) in [5.74, 6) is -1.75. The molecule has 0 saturated heterocycles. The minimum atomic E-state index is -0.514. The minimum Gasteiger partial charge on any atom is -0.462 e. The fraction of sp³-hybridized carbons (Fsp3) is 0.133. The van der Waals surface area contributed by atoms with Gasteiger partial charge in [0.05, 0.1) is 23.4 Å². The van der Waals surface area contributed by atoms with Crippen molar-refractivity contribution in [2.75, 3.05) is 16.8 Å². The van der Waals surface area contributed by atoms with Crippen LogP contribution >= 0.6 is 11.3 Å². The fourth-order valence-electron chi connectivity index (χ4n) is 4.35. The van der Waals surface area contributed by atoms with Gasteiger partial charge in [0.15, 0.2) is 0 Å². The van der Waals surface area contributed by atoms with Crippen molar-refractivity contribution in [3.8, 4) is 11.1 Å². The SMILES string of the molecule is CCOC(=O)c1c(-c2ccc(CC)cc2)csc1NC(=O)c1ccc(N2C(=O)c3ccccc3C2=O)cc1. The number of rotatable bonds is 7. The Morgan fingerprint density at radius 1 is 0.842 bits per heavy atom. The molecular weight excluding hydrogens is 500 g/mol. The molecule has 1 aliphatic rings. The Balaban J connectivity index is 1.39. The van der Waals surface area contributed by atoms with E-state index in [1.54, 1.807) is 43.3 Å². The zero-order valence-corrected chi connectivity index (χ0v) is 21.6. The molecule has 3 aromatic carbocycles. The van der Waals surface area contributed by atoms with Gasteiger partial charge in [-0.3, -0.25) is 14.4 Å². The smallest absolute Gasteiger partial charge is 0.341 e. The number of amides is 3.